The fraction of sp³-hybridized carbons (Fsp3) is 0.600. The van der Waals surface area contributed by atoms with Gasteiger partial charge in [-0.1, -0.05) is 19.3 Å². The van der Waals surface area contributed by atoms with Crippen molar-refractivity contribution in [1.82, 2.24) is 19.8 Å². The highest BCUT2D eigenvalue weighted by atomic mass is 19.3. The second kappa shape index (κ2) is 8.78. The van der Waals surface area contributed by atoms with Crippen LogP contribution in [-0.2, 0) is 0 Å². The Morgan fingerprint density at radius 2 is 1.96 bits per heavy atom. The van der Waals surface area contributed by atoms with E-state index in [4.69, 9.17) is 0 Å². The first kappa shape index (κ1) is 19.7. The van der Waals surface area contributed by atoms with Gasteiger partial charge in [0, 0.05) is 25.2 Å². The molecule has 0 spiro atoms. The number of carbonyl (C=O) groups is 1. The van der Waals surface area contributed by atoms with E-state index < -0.39 is 6.43 Å². The van der Waals surface area contributed by atoms with E-state index in [1.165, 1.54) is 32.1 Å². The lowest BCUT2D eigenvalue weighted by molar-refractivity contribution is 0.0701. The average molecular weight is 378 g/mol. The number of hydrogen-bond donors (Lipinski definition) is 1. The summed E-state index contributed by atoms with van der Waals surface area (Å²) < 4.78 is 25.7. The number of H-pyrrole nitrogens is 1. The quantitative estimate of drug-likeness (QED) is 0.790. The molecule has 148 valence electrons. The number of rotatable bonds is 7. The number of hydrogen-bond acceptors (Lipinski definition) is 3. The molecular formula is C20H28F2N4O. The molecule has 1 aliphatic rings. The number of nitrogens with zero attached hydrogens (tertiary/aromatic N) is 3. The van der Waals surface area contributed by atoms with Crippen LogP contribution in [0.25, 0.3) is 11.0 Å². The molecule has 1 saturated carbocycles. The van der Waals surface area contributed by atoms with E-state index in [9.17, 15) is 13.6 Å². The van der Waals surface area contributed by atoms with Crippen LogP contribution in [0, 0.1) is 5.92 Å². The number of fused-ring (bicyclic) bond motifs is 1. The zero-order valence-electron chi connectivity index (χ0n) is 16.0. The van der Waals surface area contributed by atoms with Gasteiger partial charge in [-0.05, 0) is 51.1 Å². The van der Waals surface area contributed by atoms with E-state index in [2.05, 4.69) is 14.9 Å². The fourth-order valence-corrected chi connectivity index (χ4v) is 3.73. The monoisotopic (exact) mass is 378 g/mol. The lowest BCUT2D eigenvalue weighted by Gasteiger charge is -2.30. The number of benzene rings is 1. The summed E-state index contributed by atoms with van der Waals surface area (Å²) in [5, 5.41) is 0. The number of aromatic nitrogens is 2. The molecule has 0 radical (unpaired) electrons. The van der Waals surface area contributed by atoms with Crippen molar-refractivity contribution in [2.75, 3.05) is 33.7 Å². The molecule has 1 heterocycles. The van der Waals surface area contributed by atoms with Crippen molar-refractivity contribution in [3.8, 4) is 0 Å². The first-order chi connectivity index (χ1) is 12.9. The molecule has 2 aromatic rings. The van der Waals surface area contributed by atoms with Crippen LogP contribution in [0.5, 0.6) is 0 Å². The number of halogens is 2. The van der Waals surface area contributed by atoms with Gasteiger partial charge in [-0.2, -0.15) is 0 Å². The van der Waals surface area contributed by atoms with Gasteiger partial charge in [0.05, 0.1) is 11.0 Å². The summed E-state index contributed by atoms with van der Waals surface area (Å²) in [5.74, 6) is 0.143. The summed E-state index contributed by atoms with van der Waals surface area (Å²) >= 11 is 0. The van der Waals surface area contributed by atoms with Crippen LogP contribution in [0.3, 0.4) is 0 Å². The summed E-state index contributed by atoms with van der Waals surface area (Å²) in [6.45, 7) is 2.21. The SMILES string of the molecule is CN(C)CCN(CC1CCCCC1)C(=O)c1ccc2nc(C(F)F)[nH]c2c1. The summed E-state index contributed by atoms with van der Waals surface area (Å²) in [4.78, 5) is 23.6. The largest absolute Gasteiger partial charge is 0.337 e. The van der Waals surface area contributed by atoms with Gasteiger partial charge in [-0.25, -0.2) is 13.8 Å². The van der Waals surface area contributed by atoms with Gasteiger partial charge in [0.1, 0.15) is 0 Å². The Balaban J connectivity index is 1.79. The zero-order valence-corrected chi connectivity index (χ0v) is 16.0. The maximum atomic E-state index is 13.1. The Morgan fingerprint density at radius 1 is 1.22 bits per heavy atom. The van der Waals surface area contributed by atoms with Gasteiger partial charge in [-0.3, -0.25) is 4.79 Å². The van der Waals surface area contributed by atoms with E-state index in [-0.39, 0.29) is 11.7 Å². The van der Waals surface area contributed by atoms with E-state index in [0.717, 1.165) is 13.1 Å². The molecule has 1 fully saturated rings. The molecule has 27 heavy (non-hydrogen) atoms. The molecule has 1 N–H and O–H groups in total. The highest BCUT2D eigenvalue weighted by Crippen LogP contribution is 2.26. The molecule has 3 rings (SSSR count). The maximum absolute atomic E-state index is 13.1. The lowest BCUT2D eigenvalue weighted by Crippen LogP contribution is -2.40. The molecule has 5 nitrogen and oxygen atoms in total. The van der Waals surface area contributed by atoms with Crippen LogP contribution in [-0.4, -0.2) is 59.4 Å². The van der Waals surface area contributed by atoms with Gasteiger partial charge in [0.2, 0.25) is 0 Å². The van der Waals surface area contributed by atoms with Crippen molar-refractivity contribution in [1.29, 1.82) is 0 Å². The highest BCUT2D eigenvalue weighted by molar-refractivity contribution is 5.97. The molecule has 0 unspecified atom stereocenters. The number of alkyl halides is 2. The second-order valence-electron chi connectivity index (χ2n) is 7.71. The molecule has 0 bridgehead atoms. The van der Waals surface area contributed by atoms with Gasteiger partial charge in [0.25, 0.3) is 12.3 Å². The predicted octanol–water partition coefficient (Wildman–Crippen LogP) is 4.08. The van der Waals surface area contributed by atoms with Crippen LogP contribution < -0.4 is 0 Å². The van der Waals surface area contributed by atoms with E-state index in [1.807, 2.05) is 19.0 Å². The number of imidazole rings is 1. The third-order valence-corrected chi connectivity index (χ3v) is 5.26. The van der Waals surface area contributed by atoms with Crippen molar-refractivity contribution < 1.29 is 13.6 Å². The highest BCUT2D eigenvalue weighted by Gasteiger charge is 2.23. The number of amides is 1. The Bertz CT molecular complexity index is 768. The first-order valence-electron chi connectivity index (χ1n) is 9.66. The first-order valence-corrected chi connectivity index (χ1v) is 9.66. The van der Waals surface area contributed by atoms with Crippen LogP contribution in [0.4, 0.5) is 8.78 Å². The van der Waals surface area contributed by atoms with Gasteiger partial charge in [-0.15, -0.1) is 0 Å². The minimum Gasteiger partial charge on any atom is -0.337 e. The molecule has 0 atom stereocenters. The molecule has 0 saturated heterocycles. The third-order valence-electron chi connectivity index (χ3n) is 5.26. The summed E-state index contributed by atoms with van der Waals surface area (Å²) in [5.41, 5.74) is 1.44. The Morgan fingerprint density at radius 3 is 2.63 bits per heavy atom. The molecule has 1 aliphatic carbocycles. The van der Waals surface area contributed by atoms with Crippen LogP contribution in [0.15, 0.2) is 18.2 Å². The van der Waals surface area contributed by atoms with Gasteiger partial charge < -0.3 is 14.8 Å². The van der Waals surface area contributed by atoms with E-state index >= 15 is 0 Å². The van der Waals surface area contributed by atoms with E-state index in [1.54, 1.807) is 18.2 Å². The maximum Gasteiger partial charge on any atom is 0.295 e. The second-order valence-corrected chi connectivity index (χ2v) is 7.71. The van der Waals surface area contributed by atoms with Crippen LogP contribution in [0.2, 0.25) is 0 Å². The van der Waals surface area contributed by atoms with Crippen molar-refractivity contribution in [3.63, 3.8) is 0 Å². The summed E-state index contributed by atoms with van der Waals surface area (Å²) in [6.07, 6.45) is 3.44. The van der Waals surface area contributed by atoms with Crippen LogP contribution >= 0.6 is 0 Å². The topological polar surface area (TPSA) is 52.2 Å². The molecule has 1 amide bonds. The fourth-order valence-electron chi connectivity index (χ4n) is 3.73. The van der Waals surface area contributed by atoms with Crippen molar-refractivity contribution in [2.24, 2.45) is 5.92 Å². The lowest BCUT2D eigenvalue weighted by atomic mass is 9.89. The number of carbonyl (C=O) groups excluding carboxylic acids is 1. The molecule has 0 aliphatic heterocycles. The Labute approximate surface area is 158 Å². The Hall–Kier alpha value is -2.02. The Kier molecular flexibility index (Phi) is 6.42. The summed E-state index contributed by atoms with van der Waals surface area (Å²) in [7, 11) is 3.98. The summed E-state index contributed by atoms with van der Waals surface area (Å²) in [6, 6.07) is 4.96. The number of likely N-dealkylation sites (N-methyl/N-ethyl adjacent to an activating group) is 1. The minimum atomic E-state index is -2.65. The van der Waals surface area contributed by atoms with Crippen LogP contribution in [0.1, 0.15) is 54.7 Å². The zero-order chi connectivity index (χ0) is 19.4. The average Bonchev–Trinajstić information content (AvgIpc) is 3.09. The predicted molar refractivity (Wildman–Crippen MR) is 102 cm³/mol. The number of aromatic amines is 1. The third kappa shape index (κ3) is 5.03. The van der Waals surface area contributed by atoms with Crippen molar-refractivity contribution in [3.05, 3.63) is 29.6 Å². The molecule has 1 aromatic heterocycles. The van der Waals surface area contributed by atoms with Crippen molar-refractivity contribution in [2.45, 2.75) is 38.5 Å². The molecular weight excluding hydrogens is 350 g/mol. The van der Waals surface area contributed by atoms with Crippen molar-refractivity contribution >= 4 is 16.9 Å². The number of nitrogens with one attached hydrogen (secondary N) is 1. The van der Waals surface area contributed by atoms with Gasteiger partial charge in [0.15, 0.2) is 5.82 Å². The molecule has 7 heteroatoms. The van der Waals surface area contributed by atoms with E-state index in [0.29, 0.717) is 29.1 Å². The normalized spacial score (nSPS) is 15.8. The minimum absolute atomic E-state index is 0.0440. The standard InChI is InChI=1S/C20H28F2N4O/c1-25(2)10-11-26(13-14-6-4-3-5-7-14)20(27)15-8-9-16-17(12-15)24-19(23-16)18(21)22/h8-9,12,14,18H,3-7,10-11,13H2,1-2H3,(H,23,24). The smallest absolute Gasteiger partial charge is 0.295 e. The van der Waals surface area contributed by atoms with Gasteiger partial charge >= 0.3 is 0 Å². The molecule has 1 aromatic carbocycles.